The Morgan fingerprint density at radius 2 is 2.12 bits per heavy atom. The summed E-state index contributed by atoms with van der Waals surface area (Å²) < 4.78 is 9.43. The van der Waals surface area contributed by atoms with Gasteiger partial charge in [0, 0.05) is 28.5 Å². The molecule has 0 bridgehead atoms. The number of hydrogen-bond acceptors (Lipinski definition) is 3. The zero-order valence-electron chi connectivity index (χ0n) is 13.6. The van der Waals surface area contributed by atoms with Gasteiger partial charge in [-0.3, -0.25) is 4.79 Å². The van der Waals surface area contributed by atoms with Gasteiger partial charge < -0.3 is 9.30 Å². The van der Waals surface area contributed by atoms with Gasteiger partial charge >= 0.3 is 0 Å². The Hall–Kier alpha value is -1.60. The molecule has 1 saturated carbocycles. The average molecular weight is 469 g/mol. The minimum Gasteiger partial charge on any atom is -0.483 e. The summed E-state index contributed by atoms with van der Waals surface area (Å²) in [5.74, 6) is 0.303. The van der Waals surface area contributed by atoms with Gasteiger partial charge in [0.1, 0.15) is 5.75 Å². The topological polar surface area (TPSA) is 55.6 Å². The van der Waals surface area contributed by atoms with Crippen molar-refractivity contribution in [1.82, 2.24) is 9.99 Å². The van der Waals surface area contributed by atoms with Gasteiger partial charge in [-0.15, -0.1) is 0 Å². The van der Waals surface area contributed by atoms with Gasteiger partial charge in [-0.2, -0.15) is 5.10 Å². The monoisotopic (exact) mass is 467 g/mol. The number of aromatic nitrogens is 1. The summed E-state index contributed by atoms with van der Waals surface area (Å²) >= 11 is 6.76. The van der Waals surface area contributed by atoms with Crippen LogP contribution in [0.2, 0.25) is 0 Å². The van der Waals surface area contributed by atoms with Crippen molar-refractivity contribution in [2.75, 3.05) is 6.61 Å². The zero-order chi connectivity index (χ0) is 17.6. The van der Waals surface area contributed by atoms with E-state index in [2.05, 4.69) is 59.3 Å². The van der Waals surface area contributed by atoms with Crippen molar-refractivity contribution in [2.24, 2.45) is 5.10 Å². The summed E-state index contributed by atoms with van der Waals surface area (Å²) in [6.07, 6.45) is 10.9. The minimum absolute atomic E-state index is 0.0966. The molecule has 5 nitrogen and oxygen atoms in total. The molecule has 0 aliphatic heterocycles. The Morgan fingerprint density at radius 3 is 2.88 bits per heavy atom. The van der Waals surface area contributed by atoms with Crippen LogP contribution >= 0.6 is 31.9 Å². The number of nitrogens with zero attached hydrogens (tertiary/aromatic N) is 2. The fourth-order valence-corrected chi connectivity index (χ4v) is 4.04. The largest absolute Gasteiger partial charge is 0.483 e. The van der Waals surface area contributed by atoms with Crippen LogP contribution in [0.5, 0.6) is 5.75 Å². The van der Waals surface area contributed by atoms with E-state index < -0.39 is 0 Å². The SMILES string of the molecule is O=C(COc1ccc(Br)cc1Br)N/N=C/c1ccn(C2CCCC2)c1. The molecule has 1 aromatic heterocycles. The van der Waals surface area contributed by atoms with Crippen molar-refractivity contribution in [3.8, 4) is 5.75 Å². The summed E-state index contributed by atoms with van der Waals surface area (Å²) in [6, 6.07) is 8.11. The van der Waals surface area contributed by atoms with Crippen LogP contribution in [0.3, 0.4) is 0 Å². The Balaban J connectivity index is 1.46. The van der Waals surface area contributed by atoms with Gasteiger partial charge in [-0.05, 0) is 53.0 Å². The maximum Gasteiger partial charge on any atom is 0.277 e. The molecule has 1 heterocycles. The molecule has 0 radical (unpaired) electrons. The van der Waals surface area contributed by atoms with Gasteiger partial charge in [0.15, 0.2) is 6.61 Å². The van der Waals surface area contributed by atoms with E-state index in [0.717, 1.165) is 14.5 Å². The molecule has 2 aromatic rings. The summed E-state index contributed by atoms with van der Waals surface area (Å²) in [4.78, 5) is 11.8. The third-order valence-corrected chi connectivity index (χ3v) is 5.25. The third-order valence-electron chi connectivity index (χ3n) is 4.14. The van der Waals surface area contributed by atoms with Crippen molar-refractivity contribution in [2.45, 2.75) is 31.7 Å². The predicted octanol–water partition coefficient (Wildman–Crippen LogP) is 4.66. The van der Waals surface area contributed by atoms with Gasteiger partial charge in [-0.1, -0.05) is 28.8 Å². The van der Waals surface area contributed by atoms with Crippen LogP contribution in [-0.2, 0) is 4.79 Å². The van der Waals surface area contributed by atoms with Crippen molar-refractivity contribution < 1.29 is 9.53 Å². The fourth-order valence-electron chi connectivity index (χ4n) is 2.88. The zero-order valence-corrected chi connectivity index (χ0v) is 16.8. The lowest BCUT2D eigenvalue weighted by atomic mass is 10.2. The summed E-state index contributed by atoms with van der Waals surface area (Å²) in [7, 11) is 0. The first-order valence-electron chi connectivity index (χ1n) is 8.19. The van der Waals surface area contributed by atoms with E-state index in [-0.39, 0.29) is 12.5 Å². The van der Waals surface area contributed by atoms with Gasteiger partial charge in [0.2, 0.25) is 0 Å². The molecule has 3 rings (SSSR count). The van der Waals surface area contributed by atoms with Crippen LogP contribution in [0.4, 0.5) is 0 Å². The first-order chi connectivity index (χ1) is 12.1. The molecular formula is C18H19Br2N3O2. The molecule has 0 spiro atoms. The molecule has 1 N–H and O–H groups in total. The highest BCUT2D eigenvalue weighted by Crippen LogP contribution is 2.29. The van der Waals surface area contributed by atoms with E-state index in [9.17, 15) is 4.79 Å². The highest BCUT2D eigenvalue weighted by molar-refractivity contribution is 9.11. The number of hydrazone groups is 1. The second-order valence-corrected chi connectivity index (χ2v) is 7.76. The maximum atomic E-state index is 11.8. The van der Waals surface area contributed by atoms with E-state index in [4.69, 9.17) is 4.74 Å². The van der Waals surface area contributed by atoms with E-state index in [0.29, 0.717) is 11.8 Å². The number of ether oxygens (including phenoxy) is 1. The highest BCUT2D eigenvalue weighted by Gasteiger charge is 2.15. The number of rotatable bonds is 6. The normalized spacial score (nSPS) is 15.0. The summed E-state index contributed by atoms with van der Waals surface area (Å²) in [5.41, 5.74) is 3.46. The van der Waals surface area contributed by atoms with Crippen LogP contribution in [0.25, 0.3) is 0 Å². The van der Waals surface area contributed by atoms with Crippen LogP contribution in [0, 0.1) is 0 Å². The molecule has 0 saturated heterocycles. The van der Waals surface area contributed by atoms with E-state index in [1.807, 2.05) is 18.2 Å². The molecule has 132 valence electrons. The number of nitrogens with one attached hydrogen (secondary N) is 1. The summed E-state index contributed by atoms with van der Waals surface area (Å²) in [5, 5.41) is 3.99. The molecule has 1 aliphatic rings. The lowest BCUT2D eigenvalue weighted by molar-refractivity contribution is -0.123. The fraction of sp³-hybridized carbons (Fsp3) is 0.333. The summed E-state index contributed by atoms with van der Waals surface area (Å²) in [6.45, 7) is -0.0966. The molecule has 1 aromatic carbocycles. The highest BCUT2D eigenvalue weighted by atomic mass is 79.9. The van der Waals surface area contributed by atoms with E-state index in [1.54, 1.807) is 12.3 Å². The van der Waals surface area contributed by atoms with Crippen molar-refractivity contribution in [1.29, 1.82) is 0 Å². The molecule has 1 aliphatic carbocycles. The molecule has 1 amide bonds. The first-order valence-corrected chi connectivity index (χ1v) is 9.77. The van der Waals surface area contributed by atoms with E-state index >= 15 is 0 Å². The standard InChI is InChI=1S/C18H19Br2N3O2/c19-14-5-6-17(16(20)9-14)25-12-18(24)22-21-10-13-7-8-23(11-13)15-3-1-2-4-15/h5-11,15H,1-4,12H2,(H,22,24)/b21-10+. The maximum absolute atomic E-state index is 11.8. The third kappa shape index (κ3) is 5.19. The smallest absolute Gasteiger partial charge is 0.277 e. The first kappa shape index (κ1) is 18.2. The van der Waals surface area contributed by atoms with Crippen molar-refractivity contribution in [3.63, 3.8) is 0 Å². The van der Waals surface area contributed by atoms with Gasteiger partial charge in [-0.25, -0.2) is 5.43 Å². The molecule has 7 heteroatoms. The van der Waals surface area contributed by atoms with Crippen LogP contribution in [0.1, 0.15) is 37.3 Å². The molecule has 0 atom stereocenters. The molecular weight excluding hydrogens is 450 g/mol. The minimum atomic E-state index is -0.304. The number of benzene rings is 1. The average Bonchev–Trinajstić information content (AvgIpc) is 3.25. The van der Waals surface area contributed by atoms with Crippen molar-refractivity contribution in [3.05, 3.63) is 51.2 Å². The molecule has 0 unspecified atom stereocenters. The predicted molar refractivity (Wildman–Crippen MR) is 105 cm³/mol. The number of carbonyl (C=O) groups is 1. The second kappa shape index (κ2) is 8.67. The number of amides is 1. The van der Waals surface area contributed by atoms with Crippen molar-refractivity contribution >= 4 is 44.0 Å². The second-order valence-electron chi connectivity index (χ2n) is 5.99. The lowest BCUT2D eigenvalue weighted by Gasteiger charge is -2.10. The van der Waals surface area contributed by atoms with Gasteiger partial charge in [0.05, 0.1) is 10.7 Å². The molecule has 1 fully saturated rings. The van der Waals surface area contributed by atoms with Crippen LogP contribution in [0.15, 0.2) is 50.7 Å². The number of halogens is 2. The number of hydrogen-bond donors (Lipinski definition) is 1. The number of carbonyl (C=O) groups excluding carboxylic acids is 1. The van der Waals surface area contributed by atoms with Crippen LogP contribution < -0.4 is 10.2 Å². The lowest BCUT2D eigenvalue weighted by Crippen LogP contribution is -2.24. The Kier molecular flexibility index (Phi) is 6.31. The van der Waals surface area contributed by atoms with Gasteiger partial charge in [0.25, 0.3) is 5.91 Å². The Morgan fingerprint density at radius 1 is 1.32 bits per heavy atom. The Labute approximate surface area is 163 Å². The Bertz CT molecular complexity index is 767. The quantitative estimate of drug-likeness (QED) is 0.495. The van der Waals surface area contributed by atoms with Crippen LogP contribution in [-0.4, -0.2) is 23.3 Å². The van der Waals surface area contributed by atoms with E-state index in [1.165, 1.54) is 25.7 Å². The molecule has 25 heavy (non-hydrogen) atoms.